The summed E-state index contributed by atoms with van der Waals surface area (Å²) < 4.78 is 42.9. The van der Waals surface area contributed by atoms with Crippen molar-refractivity contribution in [3.05, 3.63) is 119 Å². The third-order valence-corrected chi connectivity index (χ3v) is 10.3. The molecule has 4 aromatic carbocycles. The van der Waals surface area contributed by atoms with Crippen LogP contribution in [0.25, 0.3) is 0 Å². The molecule has 0 saturated carbocycles. The molecule has 0 spiro atoms. The van der Waals surface area contributed by atoms with E-state index in [4.69, 9.17) is 28.4 Å². The van der Waals surface area contributed by atoms with Gasteiger partial charge in [-0.1, -0.05) is 92.4 Å². The molecule has 0 aliphatic carbocycles. The van der Waals surface area contributed by atoms with Crippen LogP contribution in [0.15, 0.2) is 91.0 Å². The Kier molecular flexibility index (Phi) is 14.2. The van der Waals surface area contributed by atoms with Gasteiger partial charge in [-0.15, -0.1) is 0 Å². The van der Waals surface area contributed by atoms with Gasteiger partial charge in [-0.05, 0) is 85.2 Å². The van der Waals surface area contributed by atoms with Gasteiger partial charge in [-0.3, -0.25) is 9.34 Å². The van der Waals surface area contributed by atoms with Crippen LogP contribution in [0.3, 0.4) is 0 Å². The highest BCUT2D eigenvalue weighted by molar-refractivity contribution is 7.13. The monoisotopic (exact) mass is 744 g/mol. The molecule has 2 heterocycles. The summed E-state index contributed by atoms with van der Waals surface area (Å²) in [6.07, 6.45) is 1.89. The second-order valence-corrected chi connectivity index (χ2v) is 15.2. The summed E-state index contributed by atoms with van der Waals surface area (Å²) in [5, 5.41) is 0. The van der Waals surface area contributed by atoms with Crippen molar-refractivity contribution < 1.29 is 28.4 Å². The molecule has 0 bridgehead atoms. The molecule has 278 valence electrons. The third-order valence-electron chi connectivity index (χ3n) is 9.40. The third kappa shape index (κ3) is 10.7. The zero-order valence-electron chi connectivity index (χ0n) is 30.7. The Balaban J connectivity index is 1.11. The molecule has 10 heteroatoms. The van der Waals surface area contributed by atoms with Gasteiger partial charge >= 0.3 is 0 Å². The molecule has 0 aromatic heterocycles. The number of ether oxygens (including phenoxy) is 6. The largest absolute Gasteiger partial charge is 0.490 e. The molecule has 0 amide bonds. The molecular formula is C42H54N2O6P2. The van der Waals surface area contributed by atoms with Crippen LogP contribution < -0.4 is 18.9 Å². The van der Waals surface area contributed by atoms with E-state index in [0.29, 0.717) is 26.4 Å². The fourth-order valence-corrected chi connectivity index (χ4v) is 7.22. The maximum atomic E-state index is 6.78. The Bertz CT molecular complexity index is 1690. The lowest BCUT2D eigenvalue weighted by molar-refractivity contribution is -0.0624. The molecule has 6 unspecified atom stereocenters. The van der Waals surface area contributed by atoms with Gasteiger partial charge in [-0.25, -0.2) is 0 Å². The minimum Gasteiger partial charge on any atom is -0.490 e. The van der Waals surface area contributed by atoms with Crippen LogP contribution in [-0.2, 0) is 15.9 Å². The molecule has 0 radical (unpaired) electrons. The fraction of sp³-hybridized carbons (Fsp3) is 0.429. The van der Waals surface area contributed by atoms with Gasteiger partial charge < -0.3 is 28.4 Å². The molecule has 4 aromatic rings. The van der Waals surface area contributed by atoms with Gasteiger partial charge in [0.2, 0.25) is 0 Å². The van der Waals surface area contributed by atoms with Crippen LogP contribution in [0.2, 0.25) is 0 Å². The van der Waals surface area contributed by atoms with E-state index in [0.717, 1.165) is 90.7 Å². The Morgan fingerprint density at radius 1 is 0.654 bits per heavy atom. The highest BCUT2D eigenvalue weighted by Gasteiger charge is 2.32. The van der Waals surface area contributed by atoms with E-state index >= 15 is 0 Å². The zero-order chi connectivity index (χ0) is 36.3. The number of morpholine rings is 2. The van der Waals surface area contributed by atoms with Gasteiger partial charge in [0.25, 0.3) is 0 Å². The molecule has 0 N–H and O–H groups in total. The molecular weight excluding hydrogens is 690 g/mol. The first-order chi connectivity index (χ1) is 25.4. The maximum absolute atomic E-state index is 6.78. The number of benzene rings is 4. The first kappa shape index (κ1) is 38.5. The minimum atomic E-state index is -0.288. The molecule has 6 atom stereocenters. The van der Waals surface area contributed by atoms with E-state index in [1.54, 1.807) is 0 Å². The minimum absolute atomic E-state index is 0.103. The van der Waals surface area contributed by atoms with Crippen molar-refractivity contribution in [1.29, 1.82) is 0 Å². The van der Waals surface area contributed by atoms with E-state index in [-0.39, 0.29) is 24.4 Å². The van der Waals surface area contributed by atoms with Crippen molar-refractivity contribution in [2.45, 2.75) is 64.4 Å². The summed E-state index contributed by atoms with van der Waals surface area (Å²) in [7, 11) is 5.63. The van der Waals surface area contributed by atoms with Crippen molar-refractivity contribution in [1.82, 2.24) is 9.34 Å². The molecule has 2 fully saturated rings. The highest BCUT2D eigenvalue weighted by Crippen LogP contribution is 2.37. The smallest absolute Gasteiger partial charge is 0.162 e. The lowest BCUT2D eigenvalue weighted by Gasteiger charge is -2.35. The maximum Gasteiger partial charge on any atom is 0.162 e. The summed E-state index contributed by atoms with van der Waals surface area (Å²) >= 11 is 0. The predicted molar refractivity (Wildman–Crippen MR) is 214 cm³/mol. The highest BCUT2D eigenvalue weighted by atomic mass is 31.0. The van der Waals surface area contributed by atoms with Crippen LogP contribution in [0.1, 0.15) is 59.8 Å². The first-order valence-electron chi connectivity index (χ1n) is 18.5. The van der Waals surface area contributed by atoms with Gasteiger partial charge in [0.15, 0.2) is 35.2 Å². The average Bonchev–Trinajstić information content (AvgIpc) is 3.15. The van der Waals surface area contributed by atoms with Crippen molar-refractivity contribution in [2.24, 2.45) is 0 Å². The predicted octanol–water partition coefficient (Wildman–Crippen LogP) is 8.33. The zero-order valence-corrected chi connectivity index (χ0v) is 33.1. The van der Waals surface area contributed by atoms with Gasteiger partial charge in [0, 0.05) is 26.2 Å². The fourth-order valence-electron chi connectivity index (χ4n) is 6.59. The van der Waals surface area contributed by atoms with Crippen LogP contribution in [0.4, 0.5) is 0 Å². The molecule has 6 rings (SSSR count). The van der Waals surface area contributed by atoms with E-state index in [2.05, 4.69) is 110 Å². The SMILES string of the molecule is CCCOc1ccc(C)cc1OC(c1ccc(CCCOc2cc(C)ccc2OC(c2ccccc2)C2CN(P)CCO2)cc1)C1CN(P)CCO1. The molecule has 8 nitrogen and oxygen atoms in total. The van der Waals surface area contributed by atoms with Crippen LogP contribution >= 0.6 is 18.8 Å². The first-order valence-corrected chi connectivity index (χ1v) is 19.6. The summed E-state index contributed by atoms with van der Waals surface area (Å²) in [5.41, 5.74) is 5.65. The van der Waals surface area contributed by atoms with Crippen molar-refractivity contribution in [3.8, 4) is 23.0 Å². The van der Waals surface area contributed by atoms with Crippen LogP contribution in [-0.4, -0.2) is 74.2 Å². The lowest BCUT2D eigenvalue weighted by Crippen LogP contribution is -2.42. The van der Waals surface area contributed by atoms with E-state index in [1.807, 2.05) is 30.3 Å². The molecule has 52 heavy (non-hydrogen) atoms. The number of hydrogen-bond donors (Lipinski definition) is 0. The lowest BCUT2D eigenvalue weighted by atomic mass is 10.00. The standard InChI is InChI=1S/C42H54N2O6P2/c1-4-22-45-35-18-12-31(3)27-38(35)50-42(40-29-44(52)21-25-48-40)34-16-14-32(15-17-34)9-8-23-46-37-26-30(2)13-19-36(37)49-41(33-10-6-5-7-11-33)39-28-43(51)20-24-47-39/h5-7,10-19,26-27,39-42H,4,8-9,20-25,28-29,51-52H2,1-3H3. The van der Waals surface area contributed by atoms with Crippen molar-refractivity contribution >= 4 is 18.8 Å². The number of nitrogens with zero attached hydrogens (tertiary/aromatic N) is 2. The Morgan fingerprint density at radius 2 is 1.21 bits per heavy atom. The second-order valence-electron chi connectivity index (χ2n) is 13.7. The van der Waals surface area contributed by atoms with Crippen LogP contribution in [0, 0.1) is 13.8 Å². The second kappa shape index (κ2) is 19.2. The summed E-state index contributed by atoms with van der Waals surface area (Å²) in [6.45, 7) is 12.1. The number of aryl methyl sites for hydroxylation is 3. The molecule has 2 saturated heterocycles. The van der Waals surface area contributed by atoms with E-state index in [9.17, 15) is 0 Å². The Labute approximate surface area is 314 Å². The van der Waals surface area contributed by atoms with Crippen molar-refractivity contribution in [3.63, 3.8) is 0 Å². The van der Waals surface area contributed by atoms with Crippen molar-refractivity contribution in [2.75, 3.05) is 52.6 Å². The van der Waals surface area contributed by atoms with Gasteiger partial charge in [-0.2, -0.15) is 0 Å². The number of rotatable bonds is 16. The Morgan fingerprint density at radius 3 is 1.83 bits per heavy atom. The normalized spacial score (nSPS) is 19.5. The van der Waals surface area contributed by atoms with Crippen LogP contribution in [0.5, 0.6) is 23.0 Å². The summed E-state index contributed by atoms with van der Waals surface area (Å²) in [5.74, 6) is 2.99. The van der Waals surface area contributed by atoms with Gasteiger partial charge in [0.05, 0.1) is 26.4 Å². The summed E-state index contributed by atoms with van der Waals surface area (Å²) in [4.78, 5) is 0. The Hall–Kier alpha value is -3.22. The molecule has 2 aliphatic rings. The van der Waals surface area contributed by atoms with E-state index in [1.165, 1.54) is 5.56 Å². The van der Waals surface area contributed by atoms with E-state index < -0.39 is 0 Å². The topological polar surface area (TPSA) is 61.9 Å². The summed E-state index contributed by atoms with van der Waals surface area (Å²) in [6, 6.07) is 31.3. The molecule has 2 aliphatic heterocycles. The average molecular weight is 745 g/mol. The van der Waals surface area contributed by atoms with Gasteiger partial charge in [0.1, 0.15) is 12.2 Å². The quantitative estimate of drug-likeness (QED) is 0.0839. The number of hydrogen-bond acceptors (Lipinski definition) is 8.